The molecule has 0 saturated heterocycles. The summed E-state index contributed by atoms with van der Waals surface area (Å²) in [6, 6.07) is 0. The molecule has 0 aromatic rings. The van der Waals surface area contributed by atoms with E-state index in [1.807, 2.05) is 0 Å². The van der Waals surface area contributed by atoms with Gasteiger partial charge in [0.05, 0.1) is 0 Å². The van der Waals surface area contributed by atoms with Crippen LogP contribution in [0.25, 0.3) is 0 Å². The van der Waals surface area contributed by atoms with Crippen molar-refractivity contribution in [1.29, 1.82) is 0 Å². The lowest BCUT2D eigenvalue weighted by atomic mass is 10.1. The quantitative estimate of drug-likeness (QED) is 0.523. The van der Waals surface area contributed by atoms with Crippen molar-refractivity contribution in [3.05, 3.63) is 23.8 Å². The summed E-state index contributed by atoms with van der Waals surface area (Å²) in [6.45, 7) is 8.66. The van der Waals surface area contributed by atoms with Crippen LogP contribution in [-0.4, -0.2) is 0 Å². The fourth-order valence-electron chi connectivity index (χ4n) is 0.734. The van der Waals surface area contributed by atoms with Gasteiger partial charge < -0.3 is 0 Å². The maximum Gasteiger partial charge on any atom is -0.0287 e. The summed E-state index contributed by atoms with van der Waals surface area (Å²) in [5, 5.41) is 0. The Morgan fingerprint density at radius 3 is 2.30 bits per heavy atom. The molecular weight excluding hydrogens is 120 g/mol. The van der Waals surface area contributed by atoms with Crippen LogP contribution >= 0.6 is 0 Å². The maximum absolute atomic E-state index is 2.23. The van der Waals surface area contributed by atoms with Crippen molar-refractivity contribution in [1.82, 2.24) is 0 Å². The van der Waals surface area contributed by atoms with E-state index >= 15 is 0 Å². The van der Waals surface area contributed by atoms with Crippen LogP contribution in [0.4, 0.5) is 0 Å². The van der Waals surface area contributed by atoms with Crippen LogP contribution in [0.2, 0.25) is 0 Å². The minimum absolute atomic E-state index is 0.668. The first-order valence-electron chi connectivity index (χ1n) is 4.04. The molecule has 0 atom stereocenters. The van der Waals surface area contributed by atoms with Gasteiger partial charge in [-0.25, -0.2) is 0 Å². The molecular formula is C10H18. The van der Waals surface area contributed by atoms with Gasteiger partial charge >= 0.3 is 0 Å². The smallest absolute Gasteiger partial charge is 0.0287 e. The second-order valence-corrected chi connectivity index (χ2v) is 2.82. The molecule has 0 N–H and O–H groups in total. The SMILES string of the molecule is C/C=C(\C=C/C(C)C)CC. The van der Waals surface area contributed by atoms with Crippen molar-refractivity contribution >= 4 is 0 Å². The second kappa shape index (κ2) is 5.28. The average Bonchev–Trinajstić information content (AvgIpc) is 1.90. The first-order chi connectivity index (χ1) is 4.70. The normalized spacial score (nSPS) is 13.5. The van der Waals surface area contributed by atoms with Crippen molar-refractivity contribution in [2.24, 2.45) is 5.92 Å². The Hall–Kier alpha value is -0.520. The predicted octanol–water partition coefficient (Wildman–Crippen LogP) is 3.55. The van der Waals surface area contributed by atoms with Crippen molar-refractivity contribution in [2.75, 3.05) is 0 Å². The summed E-state index contributed by atoms with van der Waals surface area (Å²) in [7, 11) is 0. The van der Waals surface area contributed by atoms with Gasteiger partial charge in [0.2, 0.25) is 0 Å². The standard InChI is InChI=1S/C10H18/c1-5-10(6-2)8-7-9(3)4/h5,7-9H,6H2,1-4H3/b8-7-,10-5-. The van der Waals surface area contributed by atoms with Gasteiger partial charge in [-0.1, -0.05) is 44.6 Å². The molecule has 10 heavy (non-hydrogen) atoms. The van der Waals surface area contributed by atoms with Crippen LogP contribution in [0.15, 0.2) is 23.8 Å². The van der Waals surface area contributed by atoms with E-state index in [1.165, 1.54) is 5.57 Å². The van der Waals surface area contributed by atoms with Gasteiger partial charge in [0, 0.05) is 0 Å². The molecule has 0 radical (unpaired) electrons. The highest BCUT2D eigenvalue weighted by molar-refractivity contribution is 5.17. The molecule has 0 aromatic carbocycles. The van der Waals surface area contributed by atoms with E-state index in [9.17, 15) is 0 Å². The highest BCUT2D eigenvalue weighted by Gasteiger charge is 1.86. The number of rotatable bonds is 3. The zero-order valence-electron chi connectivity index (χ0n) is 7.52. The molecule has 0 heterocycles. The van der Waals surface area contributed by atoms with E-state index in [-0.39, 0.29) is 0 Å². The second-order valence-electron chi connectivity index (χ2n) is 2.82. The molecule has 0 nitrogen and oxygen atoms in total. The summed E-state index contributed by atoms with van der Waals surface area (Å²) < 4.78 is 0. The zero-order chi connectivity index (χ0) is 7.98. The summed E-state index contributed by atoms with van der Waals surface area (Å²) in [6.07, 6.45) is 7.75. The highest BCUT2D eigenvalue weighted by Crippen LogP contribution is 2.04. The molecule has 0 aliphatic carbocycles. The molecule has 0 aliphatic heterocycles. The zero-order valence-corrected chi connectivity index (χ0v) is 7.52. The molecule has 0 aliphatic rings. The van der Waals surface area contributed by atoms with Crippen molar-refractivity contribution < 1.29 is 0 Å². The van der Waals surface area contributed by atoms with Crippen LogP contribution in [0.1, 0.15) is 34.1 Å². The van der Waals surface area contributed by atoms with Crippen molar-refractivity contribution in [3.63, 3.8) is 0 Å². The molecule has 0 saturated carbocycles. The van der Waals surface area contributed by atoms with Crippen LogP contribution in [0.3, 0.4) is 0 Å². The molecule has 0 amide bonds. The molecule has 0 fully saturated rings. The average molecular weight is 138 g/mol. The Balaban J connectivity index is 3.86. The monoisotopic (exact) mass is 138 g/mol. The summed E-state index contributed by atoms with van der Waals surface area (Å²) in [5.41, 5.74) is 1.42. The molecule has 58 valence electrons. The van der Waals surface area contributed by atoms with Gasteiger partial charge in [0.15, 0.2) is 0 Å². The first kappa shape index (κ1) is 9.48. The fourth-order valence-corrected chi connectivity index (χ4v) is 0.734. The number of hydrogen-bond acceptors (Lipinski definition) is 0. The third-order valence-corrected chi connectivity index (χ3v) is 1.47. The van der Waals surface area contributed by atoms with E-state index in [2.05, 4.69) is 45.9 Å². The lowest BCUT2D eigenvalue weighted by Crippen LogP contribution is -1.79. The van der Waals surface area contributed by atoms with Gasteiger partial charge in [-0.15, -0.1) is 0 Å². The van der Waals surface area contributed by atoms with Gasteiger partial charge in [-0.2, -0.15) is 0 Å². The largest absolute Gasteiger partial charge is 0.0845 e. The molecule has 0 spiro atoms. The molecule has 0 heteroatoms. The Labute approximate surface area is 64.6 Å². The van der Waals surface area contributed by atoms with E-state index < -0.39 is 0 Å². The lowest BCUT2D eigenvalue weighted by Gasteiger charge is -1.96. The van der Waals surface area contributed by atoms with Gasteiger partial charge in [0.1, 0.15) is 0 Å². The third kappa shape index (κ3) is 4.37. The molecule has 0 rings (SSSR count). The Morgan fingerprint density at radius 1 is 1.40 bits per heavy atom. The van der Waals surface area contributed by atoms with E-state index in [1.54, 1.807) is 0 Å². The Morgan fingerprint density at radius 2 is 2.00 bits per heavy atom. The summed E-state index contributed by atoms with van der Waals surface area (Å²) in [4.78, 5) is 0. The minimum Gasteiger partial charge on any atom is -0.0845 e. The van der Waals surface area contributed by atoms with Crippen LogP contribution < -0.4 is 0 Å². The minimum atomic E-state index is 0.668. The molecule has 0 bridgehead atoms. The van der Waals surface area contributed by atoms with Gasteiger partial charge in [0.25, 0.3) is 0 Å². The van der Waals surface area contributed by atoms with Gasteiger partial charge in [-0.05, 0) is 19.3 Å². The van der Waals surface area contributed by atoms with E-state index in [0.717, 1.165) is 6.42 Å². The van der Waals surface area contributed by atoms with Gasteiger partial charge in [-0.3, -0.25) is 0 Å². The first-order valence-corrected chi connectivity index (χ1v) is 4.04. The molecule has 0 aromatic heterocycles. The Bertz CT molecular complexity index is 127. The summed E-state index contributed by atoms with van der Waals surface area (Å²) >= 11 is 0. The van der Waals surface area contributed by atoms with E-state index in [0.29, 0.717) is 5.92 Å². The van der Waals surface area contributed by atoms with Crippen LogP contribution in [0.5, 0.6) is 0 Å². The van der Waals surface area contributed by atoms with Crippen LogP contribution in [0, 0.1) is 5.92 Å². The van der Waals surface area contributed by atoms with Crippen LogP contribution in [-0.2, 0) is 0 Å². The molecule has 0 unspecified atom stereocenters. The predicted molar refractivity (Wildman–Crippen MR) is 48.0 cm³/mol. The maximum atomic E-state index is 2.23. The summed E-state index contributed by atoms with van der Waals surface area (Å²) in [5.74, 6) is 0.668. The number of allylic oxidation sites excluding steroid dienone is 4. The fraction of sp³-hybridized carbons (Fsp3) is 0.600. The lowest BCUT2D eigenvalue weighted by molar-refractivity contribution is 0.829. The van der Waals surface area contributed by atoms with E-state index in [4.69, 9.17) is 0 Å². The van der Waals surface area contributed by atoms with Crippen molar-refractivity contribution in [3.8, 4) is 0 Å². The topological polar surface area (TPSA) is 0 Å². The third-order valence-electron chi connectivity index (χ3n) is 1.47. The Kier molecular flexibility index (Phi) is 5.00. The van der Waals surface area contributed by atoms with Crippen molar-refractivity contribution in [2.45, 2.75) is 34.1 Å². The highest BCUT2D eigenvalue weighted by atomic mass is 13.9. The number of hydrogen-bond donors (Lipinski definition) is 0.